The highest BCUT2D eigenvalue weighted by molar-refractivity contribution is 5.85. The van der Waals surface area contributed by atoms with Crippen molar-refractivity contribution in [2.45, 2.75) is 12.6 Å². The molecule has 1 aromatic carbocycles. The average molecular weight is 297 g/mol. The summed E-state index contributed by atoms with van der Waals surface area (Å²) < 4.78 is 18.1. The van der Waals surface area contributed by atoms with Crippen molar-refractivity contribution in [3.63, 3.8) is 0 Å². The number of aliphatic carboxylic acids is 1. The van der Waals surface area contributed by atoms with E-state index in [-0.39, 0.29) is 6.61 Å². The smallest absolute Gasteiger partial charge is 0.328 e. The van der Waals surface area contributed by atoms with Gasteiger partial charge in [0.2, 0.25) is 0 Å². The van der Waals surface area contributed by atoms with Crippen LogP contribution in [0.25, 0.3) is 6.08 Å². The van der Waals surface area contributed by atoms with Crippen LogP contribution in [0.1, 0.15) is 11.1 Å². The number of rotatable bonds is 8. The molecule has 0 radical (unpaired) electrons. The molecule has 0 spiro atoms. The minimum Gasteiger partial charge on any atom is -0.478 e. The van der Waals surface area contributed by atoms with Crippen molar-refractivity contribution >= 4 is 12.0 Å². The zero-order valence-electron chi connectivity index (χ0n) is 12.1. The molecule has 0 aromatic heterocycles. The molecule has 0 saturated heterocycles. The number of halogens is 1. The quantitative estimate of drug-likeness (QED) is 0.709. The van der Waals surface area contributed by atoms with Crippen LogP contribution in [0.15, 0.2) is 24.3 Å². The second-order valence-electron chi connectivity index (χ2n) is 4.82. The molecule has 0 heterocycles. The molecule has 2 N–H and O–H groups in total. The number of methoxy groups -OCH3 is 1. The Kier molecular flexibility index (Phi) is 7.01. The first-order chi connectivity index (χ1) is 9.92. The van der Waals surface area contributed by atoms with Gasteiger partial charge in [0.05, 0.1) is 12.7 Å². The Hall–Kier alpha value is -1.76. The van der Waals surface area contributed by atoms with E-state index < -0.39 is 17.9 Å². The van der Waals surface area contributed by atoms with Crippen LogP contribution in [0.5, 0.6) is 0 Å². The van der Waals surface area contributed by atoms with Crippen LogP contribution in [-0.2, 0) is 16.1 Å². The second-order valence-corrected chi connectivity index (χ2v) is 4.82. The number of aliphatic hydroxyl groups is 1. The third kappa shape index (κ3) is 6.48. The maximum Gasteiger partial charge on any atom is 0.328 e. The maximum absolute atomic E-state index is 13.3. The molecular formula is C15H20FNO4. The van der Waals surface area contributed by atoms with E-state index in [1.165, 1.54) is 25.3 Å². The highest BCUT2D eigenvalue weighted by Crippen LogP contribution is 2.15. The SMILES string of the molecule is COCC(O)CN(C)Cc1ccc(F)cc1C=CC(=O)O. The van der Waals surface area contributed by atoms with E-state index in [1.54, 1.807) is 6.07 Å². The molecule has 0 bridgehead atoms. The number of likely N-dealkylation sites (N-methyl/N-ethyl adjacent to an activating group) is 1. The Morgan fingerprint density at radius 2 is 2.24 bits per heavy atom. The molecule has 0 aliphatic carbocycles. The van der Waals surface area contributed by atoms with Crippen LogP contribution in [0, 0.1) is 5.82 Å². The first-order valence-corrected chi connectivity index (χ1v) is 6.47. The molecule has 5 nitrogen and oxygen atoms in total. The van der Waals surface area contributed by atoms with Gasteiger partial charge in [-0.1, -0.05) is 6.07 Å². The van der Waals surface area contributed by atoms with Crippen LogP contribution in [-0.4, -0.2) is 54.5 Å². The van der Waals surface area contributed by atoms with Gasteiger partial charge in [0, 0.05) is 26.3 Å². The van der Waals surface area contributed by atoms with Crippen molar-refractivity contribution < 1.29 is 24.1 Å². The Morgan fingerprint density at radius 1 is 1.52 bits per heavy atom. The van der Waals surface area contributed by atoms with Gasteiger partial charge in [-0.15, -0.1) is 0 Å². The zero-order chi connectivity index (χ0) is 15.8. The minimum atomic E-state index is -1.09. The molecule has 1 aromatic rings. The summed E-state index contributed by atoms with van der Waals surface area (Å²) in [6.45, 7) is 1.09. The van der Waals surface area contributed by atoms with Crippen LogP contribution in [0.2, 0.25) is 0 Å². The van der Waals surface area contributed by atoms with Crippen molar-refractivity contribution in [3.05, 3.63) is 41.2 Å². The fraction of sp³-hybridized carbons (Fsp3) is 0.400. The Morgan fingerprint density at radius 3 is 2.86 bits per heavy atom. The first kappa shape index (κ1) is 17.3. The molecule has 21 heavy (non-hydrogen) atoms. The number of hydrogen-bond donors (Lipinski definition) is 2. The summed E-state index contributed by atoms with van der Waals surface area (Å²) in [7, 11) is 3.32. The zero-order valence-corrected chi connectivity index (χ0v) is 12.1. The van der Waals surface area contributed by atoms with Crippen molar-refractivity contribution in [2.75, 3.05) is 27.3 Å². The van der Waals surface area contributed by atoms with Crippen LogP contribution in [0.3, 0.4) is 0 Å². The van der Waals surface area contributed by atoms with Gasteiger partial charge < -0.3 is 14.9 Å². The lowest BCUT2D eigenvalue weighted by atomic mass is 10.1. The molecule has 116 valence electrons. The molecule has 6 heteroatoms. The van der Waals surface area contributed by atoms with Crippen molar-refractivity contribution in [3.8, 4) is 0 Å². The minimum absolute atomic E-state index is 0.236. The molecule has 0 aliphatic rings. The summed E-state index contributed by atoms with van der Waals surface area (Å²) >= 11 is 0. The van der Waals surface area contributed by atoms with E-state index in [4.69, 9.17) is 9.84 Å². The third-order valence-corrected chi connectivity index (χ3v) is 2.84. The Labute approximate surface area is 123 Å². The van der Waals surface area contributed by atoms with E-state index >= 15 is 0 Å². The number of carbonyl (C=O) groups is 1. The molecule has 0 fully saturated rings. The predicted molar refractivity (Wildman–Crippen MR) is 77.3 cm³/mol. The monoisotopic (exact) mass is 297 g/mol. The van der Waals surface area contributed by atoms with E-state index in [0.29, 0.717) is 18.7 Å². The summed E-state index contributed by atoms with van der Waals surface area (Å²) in [4.78, 5) is 12.4. The summed E-state index contributed by atoms with van der Waals surface area (Å²) in [5.74, 6) is -1.51. The number of aliphatic hydroxyl groups excluding tert-OH is 1. The van der Waals surface area contributed by atoms with E-state index in [0.717, 1.165) is 11.6 Å². The highest BCUT2D eigenvalue weighted by atomic mass is 19.1. The highest BCUT2D eigenvalue weighted by Gasteiger charge is 2.10. The van der Waals surface area contributed by atoms with E-state index in [9.17, 15) is 14.3 Å². The van der Waals surface area contributed by atoms with Crippen molar-refractivity contribution in [1.82, 2.24) is 4.90 Å². The predicted octanol–water partition coefficient (Wildman–Crippen LogP) is 1.36. The Balaban J connectivity index is 2.79. The fourth-order valence-corrected chi connectivity index (χ4v) is 1.99. The van der Waals surface area contributed by atoms with Gasteiger partial charge in [-0.05, 0) is 36.4 Å². The van der Waals surface area contributed by atoms with Crippen molar-refractivity contribution in [2.24, 2.45) is 0 Å². The maximum atomic E-state index is 13.3. The lowest BCUT2D eigenvalue weighted by Gasteiger charge is -2.21. The molecule has 0 saturated carbocycles. The van der Waals surface area contributed by atoms with E-state index in [1.807, 2.05) is 11.9 Å². The number of carboxylic acids is 1. The standard InChI is InChI=1S/C15H20FNO4/c1-17(9-14(18)10-21-2)8-12-3-5-13(16)7-11(12)4-6-15(19)20/h3-7,14,18H,8-10H2,1-2H3,(H,19,20). The van der Waals surface area contributed by atoms with Gasteiger partial charge in [0.1, 0.15) is 5.82 Å². The topological polar surface area (TPSA) is 70.0 Å². The van der Waals surface area contributed by atoms with Gasteiger partial charge >= 0.3 is 5.97 Å². The lowest BCUT2D eigenvalue weighted by Crippen LogP contribution is -2.31. The number of nitrogens with zero attached hydrogens (tertiary/aromatic N) is 1. The largest absolute Gasteiger partial charge is 0.478 e. The van der Waals surface area contributed by atoms with Gasteiger partial charge in [-0.2, -0.15) is 0 Å². The average Bonchev–Trinajstić information content (AvgIpc) is 2.39. The number of ether oxygens (including phenoxy) is 1. The van der Waals surface area contributed by atoms with Gasteiger partial charge in [-0.3, -0.25) is 4.90 Å². The molecular weight excluding hydrogens is 277 g/mol. The van der Waals surface area contributed by atoms with Crippen molar-refractivity contribution in [1.29, 1.82) is 0 Å². The van der Waals surface area contributed by atoms with Gasteiger partial charge in [0.15, 0.2) is 0 Å². The molecule has 1 atom stereocenters. The summed E-state index contributed by atoms with van der Waals surface area (Å²) in [6.07, 6.45) is 1.72. The number of carboxylic acid groups (broad SMARTS) is 1. The molecule has 0 amide bonds. The van der Waals surface area contributed by atoms with Gasteiger partial charge in [0.25, 0.3) is 0 Å². The molecule has 0 aliphatic heterocycles. The normalized spacial score (nSPS) is 13.0. The summed E-state index contributed by atoms with van der Waals surface area (Å²) in [5, 5.41) is 18.3. The number of hydrogen-bond acceptors (Lipinski definition) is 4. The molecule has 1 rings (SSSR count). The van der Waals surface area contributed by atoms with Gasteiger partial charge in [-0.25, -0.2) is 9.18 Å². The lowest BCUT2D eigenvalue weighted by molar-refractivity contribution is -0.131. The Bertz CT molecular complexity index is 504. The van der Waals surface area contributed by atoms with Crippen LogP contribution >= 0.6 is 0 Å². The third-order valence-electron chi connectivity index (χ3n) is 2.84. The van der Waals surface area contributed by atoms with Crippen LogP contribution < -0.4 is 0 Å². The summed E-state index contributed by atoms with van der Waals surface area (Å²) in [6, 6.07) is 4.22. The van der Waals surface area contributed by atoms with Crippen LogP contribution in [0.4, 0.5) is 4.39 Å². The first-order valence-electron chi connectivity index (χ1n) is 6.47. The number of benzene rings is 1. The second kappa shape index (κ2) is 8.51. The van der Waals surface area contributed by atoms with E-state index in [2.05, 4.69) is 0 Å². The summed E-state index contributed by atoms with van der Waals surface area (Å²) in [5.41, 5.74) is 1.28. The fourth-order valence-electron chi connectivity index (χ4n) is 1.99. The molecule has 1 unspecified atom stereocenters.